The standard InChI is InChI=1S/C9H12N4O3S/c1-2-5-17-9(10)12-11-6-7-3-4-8(16-7)13(14)15/h3-4,6H,2,5H2,1H3,(H2,10,12)/b11-6+. The van der Waals surface area contributed by atoms with Crippen molar-refractivity contribution < 1.29 is 9.34 Å². The van der Waals surface area contributed by atoms with Gasteiger partial charge in [-0.15, -0.1) is 5.10 Å². The minimum absolute atomic E-state index is 0.258. The second kappa shape index (κ2) is 6.69. The van der Waals surface area contributed by atoms with Crippen molar-refractivity contribution in [3.63, 3.8) is 0 Å². The molecule has 17 heavy (non-hydrogen) atoms. The number of nitrogens with zero attached hydrogens (tertiary/aromatic N) is 3. The number of nitro groups is 1. The van der Waals surface area contributed by atoms with E-state index in [9.17, 15) is 10.1 Å². The highest BCUT2D eigenvalue weighted by atomic mass is 32.2. The van der Waals surface area contributed by atoms with Gasteiger partial charge in [0.15, 0.2) is 10.9 Å². The molecule has 0 spiro atoms. The number of thioether (sulfide) groups is 1. The molecule has 1 rings (SSSR count). The molecule has 0 aliphatic heterocycles. The van der Waals surface area contributed by atoms with Crippen LogP contribution >= 0.6 is 11.8 Å². The Morgan fingerprint density at radius 3 is 3.06 bits per heavy atom. The minimum atomic E-state index is -0.619. The zero-order chi connectivity index (χ0) is 12.7. The zero-order valence-electron chi connectivity index (χ0n) is 9.20. The van der Waals surface area contributed by atoms with Crippen LogP contribution in [0.1, 0.15) is 19.1 Å². The summed E-state index contributed by atoms with van der Waals surface area (Å²) in [6.45, 7) is 2.03. The summed E-state index contributed by atoms with van der Waals surface area (Å²) < 4.78 is 4.84. The minimum Gasteiger partial charge on any atom is -0.400 e. The molecule has 0 bridgehead atoms. The number of furan rings is 1. The summed E-state index contributed by atoms with van der Waals surface area (Å²) >= 11 is 1.40. The molecule has 0 atom stereocenters. The highest BCUT2D eigenvalue weighted by molar-refractivity contribution is 8.13. The molecule has 0 aliphatic rings. The Morgan fingerprint density at radius 2 is 2.47 bits per heavy atom. The molecule has 0 saturated heterocycles. The lowest BCUT2D eigenvalue weighted by Gasteiger charge is -1.93. The van der Waals surface area contributed by atoms with Crippen LogP contribution in [0.25, 0.3) is 0 Å². The fraction of sp³-hybridized carbons (Fsp3) is 0.333. The maximum absolute atomic E-state index is 10.3. The van der Waals surface area contributed by atoms with Gasteiger partial charge >= 0.3 is 5.88 Å². The van der Waals surface area contributed by atoms with E-state index < -0.39 is 4.92 Å². The molecule has 0 radical (unpaired) electrons. The molecule has 7 nitrogen and oxygen atoms in total. The Kier molecular flexibility index (Phi) is 5.21. The van der Waals surface area contributed by atoms with Gasteiger partial charge in [-0.05, 0) is 12.5 Å². The van der Waals surface area contributed by atoms with Crippen LogP contribution in [0, 0.1) is 10.1 Å². The van der Waals surface area contributed by atoms with E-state index in [-0.39, 0.29) is 11.6 Å². The van der Waals surface area contributed by atoms with Crippen LogP contribution in [0.15, 0.2) is 26.8 Å². The topological polar surface area (TPSA) is 107 Å². The van der Waals surface area contributed by atoms with Crippen LogP contribution in [0.2, 0.25) is 0 Å². The second-order valence-electron chi connectivity index (χ2n) is 2.96. The first-order chi connectivity index (χ1) is 8.13. The lowest BCUT2D eigenvalue weighted by molar-refractivity contribution is -0.402. The molecule has 0 fully saturated rings. The van der Waals surface area contributed by atoms with Gasteiger partial charge in [-0.2, -0.15) is 5.10 Å². The molecule has 2 N–H and O–H groups in total. The zero-order valence-corrected chi connectivity index (χ0v) is 10.0. The molecule has 0 saturated carbocycles. The van der Waals surface area contributed by atoms with Crippen LogP contribution in [0.3, 0.4) is 0 Å². The Balaban J connectivity index is 2.55. The van der Waals surface area contributed by atoms with Gasteiger partial charge < -0.3 is 10.2 Å². The molecule has 1 aromatic rings. The third kappa shape index (κ3) is 4.68. The largest absolute Gasteiger partial charge is 0.433 e. The summed E-state index contributed by atoms with van der Waals surface area (Å²) in [6, 6.07) is 2.69. The molecule has 0 unspecified atom stereocenters. The van der Waals surface area contributed by atoms with Gasteiger partial charge in [0.2, 0.25) is 0 Å². The first-order valence-corrected chi connectivity index (χ1v) is 5.85. The van der Waals surface area contributed by atoms with Gasteiger partial charge in [-0.25, -0.2) is 0 Å². The van der Waals surface area contributed by atoms with Crippen molar-refractivity contribution in [3.05, 3.63) is 28.0 Å². The molecule has 0 aromatic carbocycles. The van der Waals surface area contributed by atoms with Crippen molar-refractivity contribution in [2.24, 2.45) is 15.9 Å². The molecular formula is C9H12N4O3S. The van der Waals surface area contributed by atoms with Crippen molar-refractivity contribution in [2.45, 2.75) is 13.3 Å². The normalized spacial score (nSPS) is 12.2. The average molecular weight is 256 g/mol. The van der Waals surface area contributed by atoms with Crippen molar-refractivity contribution >= 4 is 29.0 Å². The highest BCUT2D eigenvalue weighted by Gasteiger charge is 2.09. The lowest BCUT2D eigenvalue weighted by atomic mass is 10.5. The summed E-state index contributed by atoms with van der Waals surface area (Å²) in [6.07, 6.45) is 2.27. The van der Waals surface area contributed by atoms with E-state index in [4.69, 9.17) is 10.2 Å². The van der Waals surface area contributed by atoms with Gasteiger partial charge in [0, 0.05) is 5.75 Å². The van der Waals surface area contributed by atoms with Gasteiger partial charge in [0.25, 0.3) is 0 Å². The summed E-state index contributed by atoms with van der Waals surface area (Å²) in [4.78, 5) is 9.71. The number of hydrogen-bond donors (Lipinski definition) is 1. The number of hydrogen-bond acceptors (Lipinski definition) is 6. The maximum Gasteiger partial charge on any atom is 0.433 e. The fourth-order valence-corrected chi connectivity index (χ4v) is 1.41. The predicted octanol–water partition coefficient (Wildman–Crippen LogP) is 1.98. The van der Waals surface area contributed by atoms with Gasteiger partial charge in [-0.3, -0.25) is 10.1 Å². The summed E-state index contributed by atoms with van der Waals surface area (Å²) in [5.41, 5.74) is 5.54. The number of rotatable bonds is 5. The van der Waals surface area contributed by atoms with E-state index >= 15 is 0 Å². The molecule has 0 amide bonds. The number of nitrogens with two attached hydrogens (primary N) is 1. The predicted molar refractivity (Wildman–Crippen MR) is 67.3 cm³/mol. The van der Waals surface area contributed by atoms with E-state index in [1.165, 1.54) is 30.1 Å². The molecule has 8 heteroatoms. The average Bonchev–Trinajstić information content (AvgIpc) is 2.75. The van der Waals surface area contributed by atoms with E-state index in [1.807, 2.05) is 6.92 Å². The first-order valence-electron chi connectivity index (χ1n) is 4.87. The van der Waals surface area contributed by atoms with Crippen molar-refractivity contribution in [3.8, 4) is 0 Å². The molecule has 0 aliphatic carbocycles. The van der Waals surface area contributed by atoms with Crippen molar-refractivity contribution in [2.75, 3.05) is 5.75 Å². The van der Waals surface area contributed by atoms with Crippen molar-refractivity contribution in [1.29, 1.82) is 0 Å². The first kappa shape index (κ1) is 13.2. The van der Waals surface area contributed by atoms with Crippen LogP contribution < -0.4 is 5.73 Å². The molecular weight excluding hydrogens is 244 g/mol. The van der Waals surface area contributed by atoms with Crippen LogP contribution in [0.4, 0.5) is 5.88 Å². The third-order valence-corrected chi connectivity index (χ3v) is 2.58. The number of amidine groups is 1. The molecule has 1 aromatic heterocycles. The van der Waals surface area contributed by atoms with Crippen LogP contribution in [0.5, 0.6) is 0 Å². The Bertz CT molecular complexity index is 441. The summed E-state index contributed by atoms with van der Waals surface area (Å²) in [5, 5.41) is 18.1. The van der Waals surface area contributed by atoms with E-state index in [1.54, 1.807) is 0 Å². The summed E-state index contributed by atoms with van der Waals surface area (Å²) in [5.74, 6) is 0.800. The van der Waals surface area contributed by atoms with Crippen LogP contribution in [-0.2, 0) is 0 Å². The van der Waals surface area contributed by atoms with Crippen LogP contribution in [-0.4, -0.2) is 22.1 Å². The quantitative estimate of drug-likeness (QED) is 0.375. The second-order valence-corrected chi connectivity index (χ2v) is 4.08. The SMILES string of the molecule is CCCS/C(N)=N/N=C/c1ccc([N+](=O)[O-])o1. The van der Waals surface area contributed by atoms with E-state index in [2.05, 4.69) is 10.2 Å². The monoisotopic (exact) mass is 256 g/mol. The summed E-state index contributed by atoms with van der Waals surface area (Å²) in [7, 11) is 0. The molecule has 92 valence electrons. The third-order valence-electron chi connectivity index (χ3n) is 1.59. The van der Waals surface area contributed by atoms with Crippen molar-refractivity contribution in [1.82, 2.24) is 0 Å². The fourth-order valence-electron chi connectivity index (χ4n) is 0.888. The van der Waals surface area contributed by atoms with E-state index in [0.717, 1.165) is 12.2 Å². The Labute approximate surface area is 102 Å². The Hall–Kier alpha value is -1.83. The van der Waals surface area contributed by atoms with Gasteiger partial charge in [-0.1, -0.05) is 18.7 Å². The lowest BCUT2D eigenvalue weighted by Crippen LogP contribution is -2.06. The van der Waals surface area contributed by atoms with Gasteiger partial charge in [0.05, 0.1) is 12.3 Å². The highest BCUT2D eigenvalue weighted by Crippen LogP contribution is 2.13. The van der Waals surface area contributed by atoms with Gasteiger partial charge in [0.1, 0.15) is 4.92 Å². The Morgan fingerprint density at radius 1 is 1.71 bits per heavy atom. The maximum atomic E-state index is 10.3. The molecule has 1 heterocycles. The smallest absolute Gasteiger partial charge is 0.400 e. The van der Waals surface area contributed by atoms with E-state index in [0.29, 0.717) is 5.17 Å².